The fraction of sp³-hybridized carbons (Fsp3) is 0.529. The van der Waals surface area contributed by atoms with Gasteiger partial charge in [-0.1, -0.05) is 18.2 Å². The number of amides is 1. The maximum absolute atomic E-state index is 11.4. The molecule has 0 bridgehead atoms. The summed E-state index contributed by atoms with van der Waals surface area (Å²) in [5, 5.41) is 0. The van der Waals surface area contributed by atoms with Crippen molar-refractivity contribution < 1.29 is 4.79 Å². The van der Waals surface area contributed by atoms with Crippen LogP contribution >= 0.6 is 0 Å². The Labute approximate surface area is 131 Å². The molecule has 1 aliphatic carbocycles. The maximum Gasteiger partial charge on any atom is 0.219 e. The maximum atomic E-state index is 11.4. The van der Waals surface area contributed by atoms with Gasteiger partial charge in [-0.15, -0.1) is 0 Å². The van der Waals surface area contributed by atoms with Gasteiger partial charge in [-0.2, -0.15) is 0 Å². The summed E-state index contributed by atoms with van der Waals surface area (Å²) in [6, 6.07) is 0.181. The average molecular weight is 300 g/mol. The highest BCUT2D eigenvalue weighted by molar-refractivity contribution is 5.99. The van der Waals surface area contributed by atoms with Crippen LogP contribution in [0, 0.1) is 0 Å². The van der Waals surface area contributed by atoms with Crippen LogP contribution < -0.4 is 5.73 Å². The summed E-state index contributed by atoms with van der Waals surface area (Å²) in [6.45, 7) is 6.76. The number of carbonyl (C=O) groups is 1. The van der Waals surface area contributed by atoms with Gasteiger partial charge in [-0.25, -0.2) is 0 Å². The van der Waals surface area contributed by atoms with Gasteiger partial charge in [0.15, 0.2) is 0 Å². The van der Waals surface area contributed by atoms with Gasteiger partial charge in [-0.3, -0.25) is 14.7 Å². The quantitative estimate of drug-likeness (QED) is 0.833. The number of hydrogen-bond acceptors (Lipinski definition) is 4. The van der Waals surface area contributed by atoms with Crippen LogP contribution in [-0.4, -0.2) is 66.7 Å². The monoisotopic (exact) mass is 300 g/mol. The largest absolute Gasteiger partial charge is 0.340 e. The van der Waals surface area contributed by atoms with E-state index in [1.165, 1.54) is 11.1 Å². The highest BCUT2D eigenvalue weighted by atomic mass is 16.2. The molecular formula is C17H24N4O. The van der Waals surface area contributed by atoms with E-state index in [1.807, 2.05) is 4.90 Å². The molecule has 0 radical (unpaired) electrons. The SMILES string of the molecule is CC(=O)N1CCN(CC2=CC=CC3N=C(CCN)C=C23)CC1. The Morgan fingerprint density at radius 2 is 2.14 bits per heavy atom. The zero-order valence-corrected chi connectivity index (χ0v) is 13.2. The van der Waals surface area contributed by atoms with E-state index in [9.17, 15) is 4.79 Å². The van der Waals surface area contributed by atoms with E-state index in [1.54, 1.807) is 6.92 Å². The van der Waals surface area contributed by atoms with E-state index >= 15 is 0 Å². The minimum absolute atomic E-state index is 0.179. The summed E-state index contributed by atoms with van der Waals surface area (Å²) in [6.07, 6.45) is 9.50. The van der Waals surface area contributed by atoms with Crippen molar-refractivity contribution in [3.8, 4) is 0 Å². The third-order valence-corrected chi connectivity index (χ3v) is 4.52. The number of carbonyl (C=O) groups excluding carboxylic acids is 1. The van der Waals surface area contributed by atoms with E-state index in [-0.39, 0.29) is 11.9 Å². The number of rotatable bonds is 4. The van der Waals surface area contributed by atoms with Gasteiger partial charge >= 0.3 is 0 Å². The lowest BCUT2D eigenvalue weighted by Gasteiger charge is -2.35. The number of nitrogens with zero attached hydrogens (tertiary/aromatic N) is 3. The van der Waals surface area contributed by atoms with Crippen molar-refractivity contribution in [1.29, 1.82) is 0 Å². The Kier molecular flexibility index (Phi) is 4.55. The Hall–Kier alpha value is -1.72. The first-order valence-corrected chi connectivity index (χ1v) is 8.01. The van der Waals surface area contributed by atoms with Gasteiger partial charge in [0.05, 0.1) is 6.04 Å². The van der Waals surface area contributed by atoms with E-state index in [0.29, 0.717) is 6.54 Å². The lowest BCUT2D eigenvalue weighted by molar-refractivity contribution is -0.130. The summed E-state index contributed by atoms with van der Waals surface area (Å²) in [4.78, 5) is 20.5. The van der Waals surface area contributed by atoms with Crippen molar-refractivity contribution in [3.63, 3.8) is 0 Å². The summed E-state index contributed by atoms with van der Waals surface area (Å²) in [5.74, 6) is 0.179. The molecule has 1 fully saturated rings. The first-order valence-electron chi connectivity index (χ1n) is 8.01. The third-order valence-electron chi connectivity index (χ3n) is 4.52. The number of aliphatic imine (C=N–C) groups is 1. The molecule has 0 aromatic carbocycles. The van der Waals surface area contributed by atoms with Gasteiger partial charge in [0.2, 0.25) is 5.91 Å². The molecule has 1 unspecified atom stereocenters. The lowest BCUT2D eigenvalue weighted by Crippen LogP contribution is -2.48. The van der Waals surface area contributed by atoms with E-state index in [0.717, 1.165) is 44.9 Å². The van der Waals surface area contributed by atoms with Crippen LogP contribution in [0.15, 0.2) is 40.4 Å². The predicted octanol–water partition coefficient (Wildman–Crippen LogP) is 0.745. The molecule has 0 aromatic heterocycles. The Morgan fingerprint density at radius 3 is 2.82 bits per heavy atom. The second-order valence-electron chi connectivity index (χ2n) is 6.06. The summed E-state index contributed by atoms with van der Waals surface area (Å²) >= 11 is 0. The Balaban J connectivity index is 1.62. The summed E-state index contributed by atoms with van der Waals surface area (Å²) in [7, 11) is 0. The first kappa shape index (κ1) is 15.2. The number of hydrogen-bond donors (Lipinski definition) is 1. The molecule has 3 aliphatic rings. The third kappa shape index (κ3) is 3.20. The van der Waals surface area contributed by atoms with Crippen LogP contribution in [0.3, 0.4) is 0 Å². The van der Waals surface area contributed by atoms with Crippen LogP contribution in [0.5, 0.6) is 0 Å². The van der Waals surface area contributed by atoms with Gasteiger partial charge in [0, 0.05) is 51.8 Å². The summed E-state index contributed by atoms with van der Waals surface area (Å²) in [5.41, 5.74) is 9.41. The normalized spacial score (nSPS) is 24.7. The molecule has 3 rings (SSSR count). The molecule has 1 atom stereocenters. The molecule has 118 valence electrons. The fourth-order valence-electron chi connectivity index (χ4n) is 3.24. The van der Waals surface area contributed by atoms with Crippen LogP contribution in [0.2, 0.25) is 0 Å². The van der Waals surface area contributed by atoms with Gasteiger partial charge in [0.1, 0.15) is 0 Å². The van der Waals surface area contributed by atoms with Crippen LogP contribution in [0.25, 0.3) is 0 Å². The van der Waals surface area contributed by atoms with E-state index < -0.39 is 0 Å². The number of nitrogens with two attached hydrogens (primary N) is 1. The van der Waals surface area contributed by atoms with Gasteiger partial charge < -0.3 is 10.6 Å². The average Bonchev–Trinajstić information content (AvgIpc) is 2.92. The zero-order chi connectivity index (χ0) is 15.5. The molecule has 1 saturated heterocycles. The molecule has 2 heterocycles. The van der Waals surface area contributed by atoms with Gasteiger partial charge in [0.25, 0.3) is 0 Å². The highest BCUT2D eigenvalue weighted by Gasteiger charge is 2.26. The van der Waals surface area contributed by atoms with Crippen LogP contribution in [0.4, 0.5) is 0 Å². The van der Waals surface area contributed by atoms with E-state index in [4.69, 9.17) is 10.7 Å². The molecule has 2 N–H and O–H groups in total. The molecular weight excluding hydrogens is 276 g/mol. The van der Waals surface area contributed by atoms with Gasteiger partial charge in [-0.05, 0) is 23.8 Å². The van der Waals surface area contributed by atoms with Crippen molar-refractivity contribution >= 4 is 11.6 Å². The van der Waals surface area contributed by atoms with Crippen molar-refractivity contribution in [3.05, 3.63) is 35.5 Å². The summed E-state index contributed by atoms with van der Waals surface area (Å²) < 4.78 is 0. The van der Waals surface area contributed by atoms with Crippen molar-refractivity contribution in [2.45, 2.75) is 19.4 Å². The lowest BCUT2D eigenvalue weighted by atomic mass is 9.94. The molecule has 5 heteroatoms. The van der Waals surface area contributed by atoms with Crippen LogP contribution in [-0.2, 0) is 4.79 Å². The van der Waals surface area contributed by atoms with Crippen molar-refractivity contribution in [1.82, 2.24) is 9.80 Å². The van der Waals surface area contributed by atoms with Crippen molar-refractivity contribution in [2.24, 2.45) is 10.7 Å². The Bertz CT molecular complexity index is 565. The zero-order valence-electron chi connectivity index (χ0n) is 13.2. The number of fused-ring (bicyclic) bond motifs is 1. The van der Waals surface area contributed by atoms with E-state index in [2.05, 4.69) is 29.2 Å². The topological polar surface area (TPSA) is 61.9 Å². The second-order valence-corrected chi connectivity index (χ2v) is 6.06. The molecule has 2 aliphatic heterocycles. The number of allylic oxidation sites excluding steroid dienone is 3. The fourth-order valence-corrected chi connectivity index (χ4v) is 3.24. The second kappa shape index (κ2) is 6.58. The molecule has 5 nitrogen and oxygen atoms in total. The molecule has 0 spiro atoms. The minimum Gasteiger partial charge on any atom is -0.340 e. The first-order chi connectivity index (χ1) is 10.7. The molecule has 0 aromatic rings. The Morgan fingerprint density at radius 1 is 1.36 bits per heavy atom. The smallest absolute Gasteiger partial charge is 0.219 e. The van der Waals surface area contributed by atoms with Crippen LogP contribution in [0.1, 0.15) is 13.3 Å². The minimum atomic E-state index is 0.179. The molecule has 22 heavy (non-hydrogen) atoms. The molecule has 0 saturated carbocycles. The highest BCUT2D eigenvalue weighted by Crippen LogP contribution is 2.28. The number of piperazine rings is 1. The van der Waals surface area contributed by atoms with Crippen molar-refractivity contribution in [2.75, 3.05) is 39.3 Å². The standard InChI is InChI=1S/C17H24N4O/c1-13(22)21-9-7-20(8-10-21)12-14-3-2-4-17-16(14)11-15(19-17)5-6-18/h2-4,11,17H,5-10,12,18H2,1H3. The predicted molar refractivity (Wildman–Crippen MR) is 88.9 cm³/mol. The molecule has 1 amide bonds.